The summed E-state index contributed by atoms with van der Waals surface area (Å²) in [5, 5.41) is 3.47. The second-order valence-corrected chi connectivity index (χ2v) is 7.58. The third kappa shape index (κ3) is 5.10. The highest BCUT2D eigenvalue weighted by molar-refractivity contribution is 9.11. The summed E-state index contributed by atoms with van der Waals surface area (Å²) in [7, 11) is 0. The first kappa shape index (κ1) is 18.0. The molecule has 0 amide bonds. The molecule has 0 spiro atoms. The van der Waals surface area contributed by atoms with Gasteiger partial charge in [0, 0.05) is 15.5 Å². The van der Waals surface area contributed by atoms with E-state index < -0.39 is 0 Å². The molecule has 0 bridgehead atoms. The van der Waals surface area contributed by atoms with E-state index in [-0.39, 0.29) is 0 Å². The van der Waals surface area contributed by atoms with Crippen LogP contribution in [0.2, 0.25) is 0 Å². The van der Waals surface area contributed by atoms with E-state index in [1.165, 1.54) is 16.7 Å². The van der Waals surface area contributed by atoms with Gasteiger partial charge in [-0.15, -0.1) is 0 Å². The van der Waals surface area contributed by atoms with Gasteiger partial charge < -0.3 is 10.1 Å². The summed E-state index contributed by atoms with van der Waals surface area (Å²) in [4.78, 5) is 0. The van der Waals surface area contributed by atoms with Crippen molar-refractivity contribution in [3.63, 3.8) is 0 Å². The molecule has 0 saturated carbocycles. The van der Waals surface area contributed by atoms with E-state index in [1.54, 1.807) is 0 Å². The number of hydrogen-bond acceptors (Lipinski definition) is 2. The predicted octanol–water partition coefficient (Wildman–Crippen LogP) is 6.71. The van der Waals surface area contributed by atoms with Gasteiger partial charge in [-0.05, 0) is 79.7 Å². The molecule has 4 heteroatoms. The van der Waals surface area contributed by atoms with E-state index in [0.29, 0.717) is 6.61 Å². The van der Waals surface area contributed by atoms with Crippen LogP contribution in [-0.2, 0) is 13.2 Å². The number of halogens is 2. The van der Waals surface area contributed by atoms with Gasteiger partial charge in [0.2, 0.25) is 0 Å². The maximum Gasteiger partial charge on any atom is 0.119 e. The standard InChI is InChI=1S/C21H19Br2NO/c1-15-11-19(22)21(20(23)12-15)24-13-16-7-9-18(10-8-16)25-14-17-5-3-2-4-6-17/h2-12,24H,13-14H2,1H3. The summed E-state index contributed by atoms with van der Waals surface area (Å²) in [6.45, 7) is 3.41. The Morgan fingerprint density at radius 2 is 1.48 bits per heavy atom. The highest BCUT2D eigenvalue weighted by Crippen LogP contribution is 2.32. The van der Waals surface area contributed by atoms with Crippen LogP contribution in [0.1, 0.15) is 16.7 Å². The summed E-state index contributed by atoms with van der Waals surface area (Å²) in [5.74, 6) is 0.880. The lowest BCUT2D eigenvalue weighted by molar-refractivity contribution is 0.306. The Morgan fingerprint density at radius 3 is 2.12 bits per heavy atom. The van der Waals surface area contributed by atoms with Gasteiger partial charge in [-0.25, -0.2) is 0 Å². The first-order chi connectivity index (χ1) is 12.1. The quantitative estimate of drug-likeness (QED) is 0.441. The lowest BCUT2D eigenvalue weighted by atomic mass is 10.2. The second-order valence-electron chi connectivity index (χ2n) is 5.88. The SMILES string of the molecule is Cc1cc(Br)c(NCc2ccc(OCc3ccccc3)cc2)c(Br)c1. The summed E-state index contributed by atoms with van der Waals surface area (Å²) >= 11 is 7.23. The largest absolute Gasteiger partial charge is 0.489 e. The number of aryl methyl sites for hydroxylation is 1. The zero-order chi connectivity index (χ0) is 17.6. The van der Waals surface area contributed by atoms with Crippen molar-refractivity contribution >= 4 is 37.5 Å². The molecule has 25 heavy (non-hydrogen) atoms. The zero-order valence-corrected chi connectivity index (χ0v) is 17.1. The number of ether oxygens (including phenoxy) is 1. The maximum atomic E-state index is 5.83. The van der Waals surface area contributed by atoms with Gasteiger partial charge >= 0.3 is 0 Å². The minimum Gasteiger partial charge on any atom is -0.489 e. The molecule has 0 aliphatic carbocycles. The van der Waals surface area contributed by atoms with Crippen molar-refractivity contribution in [1.82, 2.24) is 0 Å². The highest BCUT2D eigenvalue weighted by Gasteiger charge is 2.06. The summed E-state index contributed by atoms with van der Waals surface area (Å²) in [6, 6.07) is 22.6. The number of hydrogen-bond donors (Lipinski definition) is 1. The third-order valence-electron chi connectivity index (χ3n) is 3.83. The van der Waals surface area contributed by atoms with Gasteiger partial charge in [-0.3, -0.25) is 0 Å². The van der Waals surface area contributed by atoms with Crippen molar-refractivity contribution in [3.8, 4) is 5.75 Å². The summed E-state index contributed by atoms with van der Waals surface area (Å²) < 4.78 is 7.94. The fourth-order valence-electron chi connectivity index (χ4n) is 2.50. The molecule has 0 aliphatic heterocycles. The normalized spacial score (nSPS) is 10.5. The fourth-order valence-corrected chi connectivity index (χ4v) is 4.20. The molecule has 0 fully saturated rings. The molecule has 0 aromatic heterocycles. The minimum atomic E-state index is 0.585. The fraction of sp³-hybridized carbons (Fsp3) is 0.143. The molecule has 3 aromatic rings. The first-order valence-electron chi connectivity index (χ1n) is 8.07. The number of anilines is 1. The van der Waals surface area contributed by atoms with Crippen molar-refractivity contribution < 1.29 is 4.74 Å². The average molecular weight is 461 g/mol. The number of benzene rings is 3. The van der Waals surface area contributed by atoms with E-state index in [1.807, 2.05) is 30.3 Å². The first-order valence-corrected chi connectivity index (χ1v) is 9.65. The van der Waals surface area contributed by atoms with Crippen LogP contribution >= 0.6 is 31.9 Å². The molecular weight excluding hydrogens is 442 g/mol. The van der Waals surface area contributed by atoms with Crippen LogP contribution in [0.5, 0.6) is 5.75 Å². The molecule has 0 atom stereocenters. The molecule has 2 nitrogen and oxygen atoms in total. The highest BCUT2D eigenvalue weighted by atomic mass is 79.9. The van der Waals surface area contributed by atoms with Gasteiger partial charge in [0.15, 0.2) is 0 Å². The van der Waals surface area contributed by atoms with Crippen molar-refractivity contribution in [2.75, 3.05) is 5.32 Å². The third-order valence-corrected chi connectivity index (χ3v) is 5.08. The van der Waals surface area contributed by atoms with Gasteiger partial charge in [-0.2, -0.15) is 0 Å². The van der Waals surface area contributed by atoms with Crippen LogP contribution in [0.25, 0.3) is 0 Å². The van der Waals surface area contributed by atoms with Crippen molar-refractivity contribution in [3.05, 3.63) is 92.4 Å². The van der Waals surface area contributed by atoms with Crippen LogP contribution in [0, 0.1) is 6.92 Å². The molecule has 0 aliphatic rings. The molecule has 0 radical (unpaired) electrons. The molecule has 0 saturated heterocycles. The predicted molar refractivity (Wildman–Crippen MR) is 111 cm³/mol. The van der Waals surface area contributed by atoms with Crippen LogP contribution in [0.4, 0.5) is 5.69 Å². The van der Waals surface area contributed by atoms with Crippen molar-refractivity contribution in [2.45, 2.75) is 20.1 Å². The Balaban J connectivity index is 1.58. The zero-order valence-electron chi connectivity index (χ0n) is 13.9. The van der Waals surface area contributed by atoms with Gasteiger partial charge in [0.1, 0.15) is 12.4 Å². The van der Waals surface area contributed by atoms with Gasteiger partial charge in [-0.1, -0.05) is 42.5 Å². The topological polar surface area (TPSA) is 21.3 Å². The number of nitrogens with one attached hydrogen (secondary N) is 1. The molecule has 1 N–H and O–H groups in total. The molecule has 3 aromatic carbocycles. The summed E-state index contributed by atoms with van der Waals surface area (Å²) in [5.41, 5.74) is 4.65. The molecule has 0 unspecified atom stereocenters. The average Bonchev–Trinajstić information content (AvgIpc) is 2.61. The second kappa shape index (κ2) is 8.54. The maximum absolute atomic E-state index is 5.83. The number of rotatable bonds is 6. The van der Waals surface area contributed by atoms with Crippen molar-refractivity contribution in [2.24, 2.45) is 0 Å². The smallest absolute Gasteiger partial charge is 0.119 e. The monoisotopic (exact) mass is 459 g/mol. The Hall–Kier alpha value is -1.78. The Bertz CT molecular complexity index is 809. The van der Waals surface area contributed by atoms with Crippen LogP contribution in [-0.4, -0.2) is 0 Å². The molecule has 128 valence electrons. The van der Waals surface area contributed by atoms with Crippen LogP contribution in [0.3, 0.4) is 0 Å². The lowest BCUT2D eigenvalue weighted by Gasteiger charge is -2.12. The van der Waals surface area contributed by atoms with E-state index in [4.69, 9.17) is 4.74 Å². The molecule has 3 rings (SSSR count). The Labute approximate surface area is 165 Å². The van der Waals surface area contributed by atoms with Gasteiger partial charge in [0.25, 0.3) is 0 Å². The Morgan fingerprint density at radius 1 is 0.840 bits per heavy atom. The van der Waals surface area contributed by atoms with Crippen LogP contribution < -0.4 is 10.1 Å². The van der Waals surface area contributed by atoms with Gasteiger partial charge in [0.05, 0.1) is 5.69 Å². The van der Waals surface area contributed by atoms with E-state index >= 15 is 0 Å². The van der Waals surface area contributed by atoms with Crippen molar-refractivity contribution in [1.29, 1.82) is 0 Å². The van der Waals surface area contributed by atoms with E-state index in [9.17, 15) is 0 Å². The molecular formula is C21H19Br2NO. The Kier molecular flexibility index (Phi) is 6.16. The lowest BCUT2D eigenvalue weighted by Crippen LogP contribution is -2.01. The summed E-state index contributed by atoms with van der Waals surface area (Å²) in [6.07, 6.45) is 0. The van der Waals surface area contributed by atoms with Crippen LogP contribution in [0.15, 0.2) is 75.7 Å². The van der Waals surface area contributed by atoms with E-state index in [2.05, 4.69) is 80.5 Å². The minimum absolute atomic E-state index is 0.585. The molecule has 0 heterocycles. The van der Waals surface area contributed by atoms with E-state index in [0.717, 1.165) is 26.9 Å².